The average Bonchev–Trinajstić information content (AvgIpc) is 0.751. The largest absolute Gasteiger partial charge is 0.505 e. The summed E-state index contributed by atoms with van der Waals surface area (Å²) in [5.74, 6) is -4.17. The number of hydrogen-bond donors (Lipinski definition) is 13. The lowest BCUT2D eigenvalue weighted by atomic mass is 10.0. The number of fused-ring (bicyclic) bond motifs is 5. The maximum Gasteiger partial charge on any atom is 0.297 e. The van der Waals surface area contributed by atoms with Gasteiger partial charge in [0.05, 0.1) is 27.3 Å². The predicted molar refractivity (Wildman–Crippen MR) is 334 cm³/mol. The van der Waals surface area contributed by atoms with E-state index in [9.17, 15) is 132 Å². The number of benzene rings is 10. The van der Waals surface area contributed by atoms with E-state index in [1.165, 1.54) is 24.3 Å². The summed E-state index contributed by atoms with van der Waals surface area (Å²) in [7, 11) is -49.7. The Morgan fingerprint density at radius 1 is 0.276 bits per heavy atom. The van der Waals surface area contributed by atoms with Crippen molar-refractivity contribution in [3.05, 3.63) is 115 Å². The second kappa shape index (κ2) is 24.1. The van der Waals surface area contributed by atoms with Crippen LogP contribution in [0, 0.1) is 0 Å². The lowest BCUT2D eigenvalue weighted by Gasteiger charge is -2.15. The smallest absolute Gasteiger partial charge is 0.297 e. The SMILES string of the molecule is Nc1c(N=Nc2ccc3c(O)c(/N=N\c4ccc(S(=O)(=O)O)c5ccccc45)c(S(=O)(=O)O)cc3c2S(=O)(=O)O)cc(S(=O)(=O)O)c2cc(S(=O)(=O)O)c(/N=N\c3ccc4cc(S(=O)(=O)O)c(/N=N\c5c(S(=O)(=O)O)ccc6c(S(=O)(=O)O)cc(S(=O)(=O)O)cc56)c(O)c4c3)c(O)c12. The lowest BCUT2D eigenvalue weighted by Crippen LogP contribution is -2.05. The van der Waals surface area contributed by atoms with Crippen LogP contribution in [0.3, 0.4) is 0 Å². The van der Waals surface area contributed by atoms with Gasteiger partial charge in [-0.3, -0.25) is 41.0 Å². The van der Waals surface area contributed by atoms with E-state index in [4.69, 9.17) is 5.73 Å². The molecule has 0 aliphatic carbocycles. The quantitative estimate of drug-likeness (QED) is 0.0229. The van der Waals surface area contributed by atoms with E-state index >= 15 is 0 Å². The normalized spacial score (nSPS) is 13.7. The van der Waals surface area contributed by atoms with Crippen LogP contribution in [-0.2, 0) is 91.1 Å². The predicted octanol–water partition coefficient (Wildman–Crippen LogP) is 9.03. The summed E-state index contributed by atoms with van der Waals surface area (Å²) in [6, 6.07) is 14.6. The molecule has 0 atom stereocenters. The van der Waals surface area contributed by atoms with Crippen molar-refractivity contribution in [1.29, 1.82) is 0 Å². The molecule has 10 aromatic carbocycles. The van der Waals surface area contributed by atoms with Gasteiger partial charge in [-0.15, -0.1) is 35.8 Å². The Kier molecular flexibility index (Phi) is 17.5. The molecule has 0 unspecified atom stereocenters. The topological polar surface area (TPSA) is 675 Å². The van der Waals surface area contributed by atoms with Gasteiger partial charge in [0.15, 0.2) is 17.2 Å². The van der Waals surface area contributed by atoms with Crippen LogP contribution in [-0.4, -0.2) is 132 Å². The molecule has 0 spiro atoms. The number of aromatic hydroxyl groups is 3. The third kappa shape index (κ3) is 13.5. The third-order valence-corrected chi connectivity index (χ3v) is 21.9. The fraction of sp³-hybridized carbons (Fsp3) is 0. The van der Waals surface area contributed by atoms with Crippen LogP contribution in [0.5, 0.6) is 17.2 Å². The zero-order valence-corrected chi connectivity index (χ0v) is 54.4. The minimum atomic E-state index is -5.75. The number of azo groups is 4. The van der Waals surface area contributed by atoms with E-state index in [0.29, 0.717) is 42.5 Å². The Labute approximate surface area is 547 Å². The lowest BCUT2D eigenvalue weighted by molar-refractivity contribution is 0.471. The van der Waals surface area contributed by atoms with E-state index in [1.54, 1.807) is 0 Å². The minimum absolute atomic E-state index is 0.0137. The molecular weight excluding hydrogens is 1500 g/mol. The van der Waals surface area contributed by atoms with Crippen LogP contribution in [0.1, 0.15) is 0 Å². The zero-order chi connectivity index (χ0) is 72.5. The van der Waals surface area contributed by atoms with Crippen LogP contribution in [0.2, 0.25) is 0 Å². The van der Waals surface area contributed by atoms with Crippen LogP contribution >= 0.6 is 0 Å². The second-order valence-corrected chi connectivity index (χ2v) is 32.5. The van der Waals surface area contributed by atoms with Gasteiger partial charge in [0.1, 0.15) is 73.3 Å². The van der Waals surface area contributed by atoms with Crippen molar-refractivity contribution in [2.24, 2.45) is 40.9 Å². The first-order valence-corrected chi connectivity index (χ1v) is 38.3. The molecule has 0 aliphatic heterocycles. The van der Waals surface area contributed by atoms with Crippen molar-refractivity contribution in [2.45, 2.75) is 44.1 Å². The van der Waals surface area contributed by atoms with Gasteiger partial charge in [0.2, 0.25) is 0 Å². The Bertz CT molecular complexity index is 6560. The summed E-state index contributed by atoms with van der Waals surface area (Å²) < 4.78 is 320. The number of phenolic OH excluding ortho intramolecular Hbond substituents is 3. The highest BCUT2D eigenvalue weighted by Crippen LogP contribution is 2.51. The van der Waals surface area contributed by atoms with E-state index in [1.807, 2.05) is 0 Å². The molecule has 48 heteroatoms. The molecule has 0 bridgehead atoms. The number of rotatable bonds is 17. The molecule has 10 aromatic rings. The second-order valence-electron chi connectivity index (χ2n) is 20.0. The van der Waals surface area contributed by atoms with Gasteiger partial charge in [-0.1, -0.05) is 36.4 Å². The maximum absolute atomic E-state index is 13.2. The Balaban J connectivity index is 1.11. The number of hydrogen-bond acceptors (Lipinski definition) is 30. The molecule has 0 fully saturated rings. The molecule has 0 saturated carbocycles. The van der Waals surface area contributed by atoms with Crippen molar-refractivity contribution < 1.29 is 132 Å². The van der Waals surface area contributed by atoms with Crippen LogP contribution in [0.25, 0.3) is 53.9 Å². The van der Waals surface area contributed by atoms with Crippen LogP contribution in [0.4, 0.5) is 51.2 Å². The first-order chi connectivity index (χ1) is 45.0. The zero-order valence-electron chi connectivity index (χ0n) is 47.0. The van der Waals surface area contributed by atoms with Crippen molar-refractivity contribution in [3.8, 4) is 17.2 Å². The molecule has 0 aliphatic rings. The summed E-state index contributed by atoms with van der Waals surface area (Å²) in [6.45, 7) is 0. The summed E-state index contributed by atoms with van der Waals surface area (Å²) in [6.07, 6.45) is 0. The molecule has 39 nitrogen and oxygen atoms in total. The fourth-order valence-corrected chi connectivity index (χ4v) is 16.0. The third-order valence-electron chi connectivity index (χ3n) is 13.9. The van der Waals surface area contributed by atoms with Gasteiger partial charge in [0, 0.05) is 43.1 Å². The molecule has 512 valence electrons. The minimum Gasteiger partial charge on any atom is -0.505 e. The van der Waals surface area contributed by atoms with Crippen molar-refractivity contribution in [2.75, 3.05) is 5.73 Å². The highest BCUT2D eigenvalue weighted by atomic mass is 32.3. The van der Waals surface area contributed by atoms with Gasteiger partial charge in [-0.05, 0) is 84.2 Å². The summed E-state index contributed by atoms with van der Waals surface area (Å²) in [4.78, 5) is -11.7. The highest BCUT2D eigenvalue weighted by molar-refractivity contribution is 7.88. The molecule has 14 N–H and O–H groups in total. The average molecular weight is 1530 g/mol. The van der Waals surface area contributed by atoms with Crippen LogP contribution in [0.15, 0.2) is 200 Å². The van der Waals surface area contributed by atoms with Gasteiger partial charge in [-0.2, -0.15) is 80.9 Å². The number of anilines is 1. The van der Waals surface area contributed by atoms with Crippen LogP contribution < -0.4 is 5.73 Å². The Hall–Kier alpha value is -9.71. The molecule has 0 aromatic heterocycles. The summed E-state index contributed by atoms with van der Waals surface area (Å²) >= 11 is 0. The van der Waals surface area contributed by atoms with E-state index in [0.717, 1.165) is 36.4 Å². The van der Waals surface area contributed by atoms with Gasteiger partial charge < -0.3 is 21.1 Å². The van der Waals surface area contributed by atoms with E-state index in [2.05, 4.69) is 40.9 Å². The Morgan fingerprint density at radius 2 is 0.714 bits per heavy atom. The molecule has 0 heterocycles. The molecule has 0 saturated heterocycles. The standard InChI is InChI=1S/C50H33N9O30S9/c51-42-33(55-54-32-9-7-26-29(50(32)98(87,88)89)17-39(96(81,82)83)45(47(26)60)58-53-31-10-12-34(91(66,67)68)24-4-2-1-3-23(24)31)19-37(94(75,76)77)30-18-40(97(84,85)86)46(49(62)41(30)42)57-52-21-6-5-20-13-38(95(78,79)80)44(48(61)27(20)14-21)59-56-43-28-15-22(90(63,64)65)16-36(93(72,73)74)25(28)8-11-35(43)92(69,70)71/h1-19,60-62H,51H2,(H,63,64,65)(H,66,67,68)(H,69,70,71)(H,72,73,74)(H,75,76,77)(H,78,79,80)(H,81,82,83)(H,84,85,86)(H,87,88,89)/b55-54?,57-52-,58-53-,59-56-. The number of nitrogen functional groups attached to an aromatic ring is 1. The van der Waals surface area contributed by atoms with Crippen molar-refractivity contribution in [3.63, 3.8) is 0 Å². The van der Waals surface area contributed by atoms with E-state index in [-0.39, 0.29) is 34.0 Å². The Morgan fingerprint density at radius 3 is 1.28 bits per heavy atom. The molecule has 0 amide bonds. The molecular formula is C50H33N9O30S9. The first kappa shape index (κ1) is 71.1. The molecule has 0 radical (unpaired) electrons. The van der Waals surface area contributed by atoms with Gasteiger partial charge >= 0.3 is 0 Å². The highest BCUT2D eigenvalue weighted by Gasteiger charge is 2.33. The summed E-state index contributed by atoms with van der Waals surface area (Å²) in [5.41, 5.74) is -2.58. The summed E-state index contributed by atoms with van der Waals surface area (Å²) in [5, 5.41) is 57.7. The van der Waals surface area contributed by atoms with Gasteiger partial charge in [-0.25, -0.2) is 0 Å². The number of nitrogens with zero attached hydrogens (tertiary/aromatic N) is 8. The fourth-order valence-electron chi connectivity index (χ4n) is 9.81. The van der Waals surface area contributed by atoms with E-state index < -0.39 is 236 Å². The molecule has 98 heavy (non-hydrogen) atoms. The first-order valence-electron chi connectivity index (χ1n) is 25.3. The number of nitrogens with two attached hydrogens (primary N) is 1. The maximum atomic E-state index is 13.2. The van der Waals surface area contributed by atoms with Gasteiger partial charge in [0.25, 0.3) is 91.1 Å². The number of phenols is 3. The monoisotopic (exact) mass is 1530 g/mol. The molecule has 10 rings (SSSR count). The van der Waals surface area contributed by atoms with Crippen molar-refractivity contribution in [1.82, 2.24) is 0 Å². The van der Waals surface area contributed by atoms with Crippen molar-refractivity contribution >= 4 is 196 Å².